The van der Waals surface area contributed by atoms with E-state index in [0.29, 0.717) is 12.5 Å². The largest absolute Gasteiger partial charge is 0.481 e. The minimum Gasteiger partial charge on any atom is -0.481 e. The first-order valence-electron chi connectivity index (χ1n) is 6.47. The number of aliphatic carboxylic acids is 1. The summed E-state index contributed by atoms with van der Waals surface area (Å²) in [6.45, 7) is 8.75. The van der Waals surface area contributed by atoms with Crippen molar-refractivity contribution in [3.63, 3.8) is 0 Å². The van der Waals surface area contributed by atoms with E-state index in [1.807, 2.05) is 0 Å². The summed E-state index contributed by atoms with van der Waals surface area (Å²) in [5.41, 5.74) is 2.49. The summed E-state index contributed by atoms with van der Waals surface area (Å²) < 4.78 is 0. The molecular formula is C15H23NO2. The van der Waals surface area contributed by atoms with Gasteiger partial charge >= 0.3 is 5.97 Å². The van der Waals surface area contributed by atoms with E-state index in [9.17, 15) is 4.79 Å². The number of hydrogen-bond acceptors (Lipinski definition) is 2. The maximum atomic E-state index is 10.7. The summed E-state index contributed by atoms with van der Waals surface area (Å²) in [5, 5.41) is 8.77. The lowest BCUT2D eigenvalue weighted by Crippen LogP contribution is -2.29. The van der Waals surface area contributed by atoms with Crippen LogP contribution >= 0.6 is 0 Å². The van der Waals surface area contributed by atoms with Gasteiger partial charge in [0.2, 0.25) is 0 Å². The molecule has 0 fully saturated rings. The first-order chi connectivity index (χ1) is 8.47. The van der Waals surface area contributed by atoms with Gasteiger partial charge in [0.05, 0.1) is 6.42 Å². The molecule has 0 aromatic heterocycles. The van der Waals surface area contributed by atoms with Gasteiger partial charge in [-0.25, -0.2) is 0 Å². The average molecular weight is 249 g/mol. The fraction of sp³-hybridized carbons (Fsp3) is 0.533. The number of hydrogen-bond donors (Lipinski definition) is 1. The van der Waals surface area contributed by atoms with Crippen LogP contribution in [-0.4, -0.2) is 29.1 Å². The standard InChI is InChI=1S/C15H23NO2/c1-12(2)10-16(9-8-15(17)18)11-14-6-4-13(3)5-7-14/h4-7,12H,8-11H2,1-3H3,(H,17,18). The minimum atomic E-state index is -0.729. The van der Waals surface area contributed by atoms with Gasteiger partial charge in [-0.2, -0.15) is 0 Å². The maximum Gasteiger partial charge on any atom is 0.304 e. The van der Waals surface area contributed by atoms with Crippen LogP contribution in [0.15, 0.2) is 24.3 Å². The number of rotatable bonds is 7. The SMILES string of the molecule is Cc1ccc(CN(CCC(=O)O)CC(C)C)cc1. The molecule has 0 unspecified atom stereocenters. The number of benzene rings is 1. The second kappa shape index (κ2) is 7.17. The predicted octanol–water partition coefficient (Wildman–Crippen LogP) is 2.93. The quantitative estimate of drug-likeness (QED) is 0.807. The molecule has 0 bridgehead atoms. The van der Waals surface area contributed by atoms with Gasteiger partial charge in [-0.3, -0.25) is 9.69 Å². The second-order valence-corrected chi connectivity index (χ2v) is 5.26. The Morgan fingerprint density at radius 3 is 2.39 bits per heavy atom. The van der Waals surface area contributed by atoms with Crippen molar-refractivity contribution >= 4 is 5.97 Å². The third kappa shape index (κ3) is 5.82. The van der Waals surface area contributed by atoms with E-state index in [-0.39, 0.29) is 6.42 Å². The summed E-state index contributed by atoms with van der Waals surface area (Å²) in [6, 6.07) is 8.42. The average Bonchev–Trinajstić information content (AvgIpc) is 2.28. The smallest absolute Gasteiger partial charge is 0.304 e. The molecule has 0 aliphatic carbocycles. The van der Waals surface area contributed by atoms with E-state index in [1.54, 1.807) is 0 Å². The molecular weight excluding hydrogens is 226 g/mol. The molecule has 1 aromatic rings. The molecule has 18 heavy (non-hydrogen) atoms. The Kier molecular flexibility index (Phi) is 5.86. The second-order valence-electron chi connectivity index (χ2n) is 5.26. The molecule has 1 aromatic carbocycles. The summed E-state index contributed by atoms with van der Waals surface area (Å²) >= 11 is 0. The number of carbonyl (C=O) groups is 1. The first-order valence-corrected chi connectivity index (χ1v) is 6.47. The lowest BCUT2D eigenvalue weighted by molar-refractivity contribution is -0.137. The minimum absolute atomic E-state index is 0.207. The van der Waals surface area contributed by atoms with Crippen molar-refractivity contribution in [1.29, 1.82) is 0 Å². The van der Waals surface area contributed by atoms with Crippen molar-refractivity contribution in [2.75, 3.05) is 13.1 Å². The van der Waals surface area contributed by atoms with Crippen LogP contribution in [0, 0.1) is 12.8 Å². The summed E-state index contributed by atoms with van der Waals surface area (Å²) in [6.07, 6.45) is 0.207. The van der Waals surface area contributed by atoms with Gasteiger partial charge in [-0.15, -0.1) is 0 Å². The Hall–Kier alpha value is -1.35. The van der Waals surface area contributed by atoms with Crippen LogP contribution in [0.5, 0.6) is 0 Å². The fourth-order valence-corrected chi connectivity index (χ4v) is 1.96. The zero-order valence-electron chi connectivity index (χ0n) is 11.5. The zero-order chi connectivity index (χ0) is 13.5. The van der Waals surface area contributed by atoms with E-state index in [1.165, 1.54) is 11.1 Å². The van der Waals surface area contributed by atoms with Gasteiger partial charge in [0.25, 0.3) is 0 Å². The molecule has 3 nitrogen and oxygen atoms in total. The first kappa shape index (κ1) is 14.7. The molecule has 0 atom stereocenters. The maximum absolute atomic E-state index is 10.7. The third-order valence-electron chi connectivity index (χ3n) is 2.79. The van der Waals surface area contributed by atoms with Gasteiger partial charge < -0.3 is 5.11 Å². The van der Waals surface area contributed by atoms with Crippen LogP contribution in [0.3, 0.4) is 0 Å². The molecule has 0 spiro atoms. The molecule has 1 N–H and O–H groups in total. The van der Waals surface area contributed by atoms with Crippen molar-refractivity contribution < 1.29 is 9.90 Å². The van der Waals surface area contributed by atoms with Crippen LogP contribution < -0.4 is 0 Å². The van der Waals surface area contributed by atoms with E-state index in [0.717, 1.165) is 13.1 Å². The summed E-state index contributed by atoms with van der Waals surface area (Å²) in [5.74, 6) is -0.183. The normalized spacial score (nSPS) is 11.2. The molecule has 1 rings (SSSR count). The Labute approximate surface area is 109 Å². The highest BCUT2D eigenvalue weighted by atomic mass is 16.4. The molecule has 100 valence electrons. The van der Waals surface area contributed by atoms with Crippen LogP contribution in [0.4, 0.5) is 0 Å². The van der Waals surface area contributed by atoms with Gasteiger partial charge in [0.1, 0.15) is 0 Å². The van der Waals surface area contributed by atoms with Crippen molar-refractivity contribution in [2.45, 2.75) is 33.7 Å². The Morgan fingerprint density at radius 2 is 1.89 bits per heavy atom. The third-order valence-corrected chi connectivity index (χ3v) is 2.79. The molecule has 3 heteroatoms. The van der Waals surface area contributed by atoms with Crippen molar-refractivity contribution in [1.82, 2.24) is 4.90 Å². The fourth-order valence-electron chi connectivity index (χ4n) is 1.96. The molecule has 0 aliphatic heterocycles. The Morgan fingerprint density at radius 1 is 1.28 bits per heavy atom. The Bertz CT molecular complexity index is 371. The highest BCUT2D eigenvalue weighted by Crippen LogP contribution is 2.09. The summed E-state index contributed by atoms with van der Waals surface area (Å²) in [4.78, 5) is 12.9. The van der Waals surface area contributed by atoms with Gasteiger partial charge in [-0.1, -0.05) is 43.7 Å². The lowest BCUT2D eigenvalue weighted by Gasteiger charge is -2.23. The van der Waals surface area contributed by atoms with E-state index in [2.05, 4.69) is 49.9 Å². The van der Waals surface area contributed by atoms with Crippen LogP contribution in [0.25, 0.3) is 0 Å². The van der Waals surface area contributed by atoms with Gasteiger partial charge in [0, 0.05) is 19.6 Å². The van der Waals surface area contributed by atoms with Crippen molar-refractivity contribution in [3.8, 4) is 0 Å². The van der Waals surface area contributed by atoms with Crippen molar-refractivity contribution in [3.05, 3.63) is 35.4 Å². The highest BCUT2D eigenvalue weighted by Gasteiger charge is 2.10. The molecule has 0 saturated carbocycles. The number of aryl methyl sites for hydroxylation is 1. The number of carboxylic acid groups (broad SMARTS) is 1. The van der Waals surface area contributed by atoms with Gasteiger partial charge in [0.15, 0.2) is 0 Å². The van der Waals surface area contributed by atoms with Gasteiger partial charge in [-0.05, 0) is 18.4 Å². The monoisotopic (exact) mass is 249 g/mol. The molecule has 0 saturated heterocycles. The van der Waals surface area contributed by atoms with Crippen LogP contribution in [0.1, 0.15) is 31.4 Å². The van der Waals surface area contributed by atoms with Crippen LogP contribution in [-0.2, 0) is 11.3 Å². The molecule has 0 amide bonds. The van der Waals surface area contributed by atoms with E-state index in [4.69, 9.17) is 5.11 Å². The van der Waals surface area contributed by atoms with E-state index < -0.39 is 5.97 Å². The summed E-state index contributed by atoms with van der Waals surface area (Å²) in [7, 11) is 0. The predicted molar refractivity (Wildman–Crippen MR) is 73.5 cm³/mol. The number of nitrogens with zero attached hydrogens (tertiary/aromatic N) is 1. The lowest BCUT2D eigenvalue weighted by atomic mass is 10.1. The zero-order valence-corrected chi connectivity index (χ0v) is 11.5. The molecule has 0 radical (unpaired) electrons. The van der Waals surface area contributed by atoms with E-state index >= 15 is 0 Å². The number of carboxylic acids is 1. The van der Waals surface area contributed by atoms with Crippen LogP contribution in [0.2, 0.25) is 0 Å². The molecule has 0 heterocycles. The van der Waals surface area contributed by atoms with Crippen molar-refractivity contribution in [2.24, 2.45) is 5.92 Å². The topological polar surface area (TPSA) is 40.5 Å². The molecule has 0 aliphatic rings. The highest BCUT2D eigenvalue weighted by molar-refractivity contribution is 5.66. The Balaban J connectivity index is 2.59.